The zero-order chi connectivity index (χ0) is 8.55. The fraction of sp³-hybridized carbons (Fsp3) is 0.100. The number of aliphatic hydroxyl groups excluding tert-OH is 1. The number of hydrogen-bond acceptors (Lipinski definition) is 2. The molecule has 1 aromatic rings. The van der Waals surface area contributed by atoms with Gasteiger partial charge in [0.15, 0.2) is 0 Å². The smallest absolute Gasteiger partial charge is 0.223 e. The molecular weight excluding hydrogens is 152 g/mol. The molecule has 61 valence electrons. The predicted octanol–water partition coefficient (Wildman–Crippen LogP) is 1.88. The number of benzene rings is 1. The fourth-order valence-corrected chi connectivity index (χ4v) is 1.29. The third-order valence-corrected chi connectivity index (χ3v) is 1.91. The molecule has 1 aliphatic rings. The van der Waals surface area contributed by atoms with Crippen LogP contribution in [0.2, 0.25) is 0 Å². The van der Waals surface area contributed by atoms with Crippen molar-refractivity contribution in [3.63, 3.8) is 0 Å². The summed E-state index contributed by atoms with van der Waals surface area (Å²) < 4.78 is 4.95. The van der Waals surface area contributed by atoms with Crippen molar-refractivity contribution in [2.75, 3.05) is 0 Å². The third kappa shape index (κ3) is 1.01. The van der Waals surface area contributed by atoms with Gasteiger partial charge in [-0.2, -0.15) is 0 Å². The van der Waals surface area contributed by atoms with Gasteiger partial charge in [-0.25, -0.2) is 0 Å². The van der Waals surface area contributed by atoms with Crippen LogP contribution < -0.4 is 0 Å². The Morgan fingerprint density at radius 3 is 2.83 bits per heavy atom. The van der Waals surface area contributed by atoms with Crippen LogP contribution >= 0.6 is 0 Å². The highest BCUT2D eigenvalue weighted by atomic mass is 16.6. The van der Waals surface area contributed by atoms with E-state index >= 15 is 0 Å². The Bertz CT molecular complexity index is 328. The van der Waals surface area contributed by atoms with Crippen LogP contribution in [-0.2, 0) is 4.74 Å². The number of aliphatic hydroxyl groups is 1. The quantitative estimate of drug-likeness (QED) is 0.629. The summed E-state index contributed by atoms with van der Waals surface area (Å²) in [5, 5.41) is 9.38. The van der Waals surface area contributed by atoms with E-state index in [0.29, 0.717) is 0 Å². The molecular formula is C10H9O2. The molecule has 0 aromatic heterocycles. The molecule has 1 radical (unpaired) electrons. The van der Waals surface area contributed by atoms with Crippen LogP contribution in [-0.4, -0.2) is 5.11 Å². The van der Waals surface area contributed by atoms with Crippen molar-refractivity contribution in [1.82, 2.24) is 0 Å². The van der Waals surface area contributed by atoms with E-state index in [2.05, 4.69) is 6.92 Å². The largest absolute Gasteiger partial charge is 0.468 e. The summed E-state index contributed by atoms with van der Waals surface area (Å²) in [6.07, 6.45) is 0.638. The molecule has 12 heavy (non-hydrogen) atoms. The molecule has 1 unspecified atom stereocenters. The first-order valence-electron chi connectivity index (χ1n) is 3.74. The summed E-state index contributed by atoms with van der Waals surface area (Å²) in [7, 11) is 0. The second-order valence-electron chi connectivity index (χ2n) is 2.72. The monoisotopic (exact) mass is 161 g/mol. The number of allylic oxidation sites excluding steroid dienone is 1. The predicted molar refractivity (Wildman–Crippen MR) is 45.8 cm³/mol. The maximum absolute atomic E-state index is 9.38. The Kier molecular flexibility index (Phi) is 1.62. The fourth-order valence-electron chi connectivity index (χ4n) is 1.29. The minimum absolute atomic E-state index is 0.782. The highest BCUT2D eigenvalue weighted by Gasteiger charge is 2.17. The summed E-state index contributed by atoms with van der Waals surface area (Å²) in [5.41, 5.74) is 2.54. The van der Waals surface area contributed by atoms with Crippen molar-refractivity contribution in [1.29, 1.82) is 0 Å². The second kappa shape index (κ2) is 2.64. The van der Waals surface area contributed by atoms with Crippen LogP contribution in [0.25, 0.3) is 5.57 Å². The average molecular weight is 161 g/mol. The van der Waals surface area contributed by atoms with Gasteiger partial charge in [0.1, 0.15) is 0 Å². The summed E-state index contributed by atoms with van der Waals surface area (Å²) in [6.45, 7) is 3.80. The minimum atomic E-state index is -0.841. The molecule has 1 aliphatic heterocycles. The van der Waals surface area contributed by atoms with Crippen LogP contribution in [0.4, 0.5) is 0 Å². The van der Waals surface area contributed by atoms with Crippen molar-refractivity contribution < 1.29 is 9.84 Å². The SMILES string of the molecule is [CH2]C1=COC(O)c2ccccc21. The van der Waals surface area contributed by atoms with Gasteiger partial charge in [0.2, 0.25) is 6.29 Å². The van der Waals surface area contributed by atoms with Gasteiger partial charge >= 0.3 is 0 Å². The minimum Gasteiger partial charge on any atom is -0.468 e. The maximum atomic E-state index is 9.38. The molecule has 0 fully saturated rings. The summed E-state index contributed by atoms with van der Waals surface area (Å²) in [4.78, 5) is 0. The topological polar surface area (TPSA) is 29.5 Å². The average Bonchev–Trinajstić information content (AvgIpc) is 2.12. The van der Waals surface area contributed by atoms with Gasteiger partial charge in [0.25, 0.3) is 0 Å². The first-order chi connectivity index (χ1) is 5.79. The van der Waals surface area contributed by atoms with Crippen molar-refractivity contribution in [3.8, 4) is 0 Å². The molecule has 1 aromatic carbocycles. The Hall–Kier alpha value is -1.28. The molecule has 2 nitrogen and oxygen atoms in total. The lowest BCUT2D eigenvalue weighted by Crippen LogP contribution is -2.07. The zero-order valence-electron chi connectivity index (χ0n) is 6.53. The van der Waals surface area contributed by atoms with E-state index in [9.17, 15) is 5.11 Å². The molecule has 0 saturated carbocycles. The van der Waals surface area contributed by atoms with E-state index in [1.54, 1.807) is 0 Å². The lowest BCUT2D eigenvalue weighted by Gasteiger charge is -2.20. The summed E-state index contributed by atoms with van der Waals surface area (Å²) in [5.74, 6) is 0. The first kappa shape index (κ1) is 7.37. The normalized spacial score (nSPS) is 20.8. The molecule has 2 heteroatoms. The Balaban J connectivity index is 2.58. The number of rotatable bonds is 0. The van der Waals surface area contributed by atoms with Gasteiger partial charge in [-0.3, -0.25) is 0 Å². The van der Waals surface area contributed by atoms with Crippen molar-refractivity contribution in [2.24, 2.45) is 0 Å². The molecule has 0 saturated heterocycles. The van der Waals surface area contributed by atoms with E-state index in [1.165, 1.54) is 6.26 Å². The van der Waals surface area contributed by atoms with Crippen LogP contribution in [0.5, 0.6) is 0 Å². The van der Waals surface area contributed by atoms with Crippen LogP contribution in [0, 0.1) is 6.92 Å². The molecule has 1 atom stereocenters. The summed E-state index contributed by atoms with van der Waals surface area (Å²) >= 11 is 0. The van der Waals surface area contributed by atoms with Gasteiger partial charge in [0.05, 0.1) is 6.26 Å². The van der Waals surface area contributed by atoms with Crippen molar-refractivity contribution >= 4 is 5.57 Å². The molecule has 1 heterocycles. The zero-order valence-corrected chi connectivity index (χ0v) is 6.53. The molecule has 0 amide bonds. The Labute approximate surface area is 71.1 Å². The van der Waals surface area contributed by atoms with Crippen molar-refractivity contribution in [2.45, 2.75) is 6.29 Å². The lowest BCUT2D eigenvalue weighted by molar-refractivity contribution is -0.0560. The molecule has 0 spiro atoms. The molecule has 0 bridgehead atoms. The van der Waals surface area contributed by atoms with Gasteiger partial charge in [-0.15, -0.1) is 0 Å². The second-order valence-corrected chi connectivity index (χ2v) is 2.72. The first-order valence-corrected chi connectivity index (χ1v) is 3.74. The highest BCUT2D eigenvalue weighted by molar-refractivity contribution is 5.71. The van der Waals surface area contributed by atoms with E-state index in [0.717, 1.165) is 16.7 Å². The highest BCUT2D eigenvalue weighted by Crippen LogP contribution is 2.29. The van der Waals surface area contributed by atoms with E-state index in [1.807, 2.05) is 24.3 Å². The lowest BCUT2D eigenvalue weighted by atomic mass is 10.00. The van der Waals surface area contributed by atoms with Crippen LogP contribution in [0.3, 0.4) is 0 Å². The van der Waals surface area contributed by atoms with Gasteiger partial charge < -0.3 is 9.84 Å². The Morgan fingerprint density at radius 1 is 1.33 bits per heavy atom. The third-order valence-electron chi connectivity index (χ3n) is 1.91. The van der Waals surface area contributed by atoms with Crippen LogP contribution in [0.15, 0.2) is 30.5 Å². The van der Waals surface area contributed by atoms with E-state index < -0.39 is 6.29 Å². The molecule has 0 aliphatic carbocycles. The summed E-state index contributed by atoms with van der Waals surface area (Å²) in [6, 6.07) is 7.53. The number of fused-ring (bicyclic) bond motifs is 1. The van der Waals surface area contributed by atoms with E-state index in [-0.39, 0.29) is 0 Å². The molecule has 2 rings (SSSR count). The van der Waals surface area contributed by atoms with Gasteiger partial charge in [0, 0.05) is 5.56 Å². The number of ether oxygens (including phenoxy) is 1. The van der Waals surface area contributed by atoms with Crippen LogP contribution in [0.1, 0.15) is 17.4 Å². The van der Waals surface area contributed by atoms with E-state index in [4.69, 9.17) is 4.74 Å². The van der Waals surface area contributed by atoms with Gasteiger partial charge in [-0.1, -0.05) is 24.3 Å². The molecule has 1 N–H and O–H groups in total. The van der Waals surface area contributed by atoms with Gasteiger partial charge in [-0.05, 0) is 18.1 Å². The number of hydrogen-bond donors (Lipinski definition) is 1. The standard InChI is InChI=1S/C10H9O2/c1-7-6-12-10(11)9-5-3-2-4-8(7)9/h2-6,10-11H,1H2. The van der Waals surface area contributed by atoms with Crippen molar-refractivity contribution in [3.05, 3.63) is 48.6 Å². The maximum Gasteiger partial charge on any atom is 0.223 e. The Morgan fingerprint density at radius 2 is 2.08 bits per heavy atom.